The van der Waals surface area contributed by atoms with Crippen LogP contribution in [0.25, 0.3) is 0 Å². The van der Waals surface area contributed by atoms with Gasteiger partial charge < -0.3 is 10.1 Å². The number of hydrogen-bond acceptors (Lipinski definition) is 5. The Labute approximate surface area is 191 Å². The van der Waals surface area contributed by atoms with Gasteiger partial charge >= 0.3 is 0 Å². The topological polar surface area (TPSA) is 96.0 Å². The molecule has 3 rings (SSSR count). The van der Waals surface area contributed by atoms with Gasteiger partial charge in [-0.15, -0.1) is 0 Å². The van der Waals surface area contributed by atoms with E-state index in [2.05, 4.69) is 5.32 Å². The summed E-state index contributed by atoms with van der Waals surface area (Å²) in [6.45, 7) is 7.76. The molecule has 0 bridgehead atoms. The van der Waals surface area contributed by atoms with Crippen LogP contribution in [-0.4, -0.2) is 62.9 Å². The molecule has 2 aliphatic heterocycles. The minimum absolute atomic E-state index is 0.142. The van der Waals surface area contributed by atoms with E-state index in [1.54, 1.807) is 25.1 Å². The Balaban J connectivity index is 1.76. The highest BCUT2D eigenvalue weighted by atomic mass is 32.2. The standard InChI is InChI=1S/C23H35N3O5S/c1-4-22(27)26-20-10-9-19(32(29,30)25-12-6-5-7-13-25)15-18(20)16-21(26)23(28)24-11-8-14-31-17(2)3/h9-10,15,17,21H,4-8,11-14,16H2,1-3H3,(H,24,28)/t21-/m0/s1. The van der Waals surface area contributed by atoms with Crippen molar-refractivity contribution in [3.63, 3.8) is 0 Å². The Morgan fingerprint density at radius 2 is 1.91 bits per heavy atom. The summed E-state index contributed by atoms with van der Waals surface area (Å²) in [6.07, 6.45) is 4.18. The molecule has 8 nitrogen and oxygen atoms in total. The summed E-state index contributed by atoms with van der Waals surface area (Å²) >= 11 is 0. The first kappa shape index (κ1) is 24.7. The third-order valence-electron chi connectivity index (χ3n) is 5.93. The summed E-state index contributed by atoms with van der Waals surface area (Å²) in [5, 5.41) is 2.90. The molecule has 2 aliphatic rings. The molecule has 0 aliphatic carbocycles. The predicted molar refractivity (Wildman–Crippen MR) is 123 cm³/mol. The number of sulfonamides is 1. The van der Waals surface area contributed by atoms with Gasteiger partial charge in [0.2, 0.25) is 21.8 Å². The first-order valence-electron chi connectivity index (χ1n) is 11.6. The minimum atomic E-state index is -3.58. The molecule has 178 valence electrons. The number of nitrogens with one attached hydrogen (secondary N) is 1. The monoisotopic (exact) mass is 465 g/mol. The van der Waals surface area contributed by atoms with Crippen LogP contribution in [0.5, 0.6) is 0 Å². The van der Waals surface area contributed by atoms with Gasteiger partial charge in [0.1, 0.15) is 6.04 Å². The number of carbonyl (C=O) groups excluding carboxylic acids is 2. The largest absolute Gasteiger partial charge is 0.379 e. The van der Waals surface area contributed by atoms with Crippen LogP contribution in [0.4, 0.5) is 5.69 Å². The Bertz CT molecular complexity index is 926. The van der Waals surface area contributed by atoms with Crippen LogP contribution >= 0.6 is 0 Å². The number of anilines is 1. The molecule has 1 aromatic rings. The molecule has 1 aromatic carbocycles. The molecule has 1 atom stereocenters. The van der Waals surface area contributed by atoms with Gasteiger partial charge in [-0.2, -0.15) is 4.31 Å². The summed E-state index contributed by atoms with van der Waals surface area (Å²) < 4.78 is 33.2. The number of amides is 2. The van der Waals surface area contributed by atoms with Crippen LogP contribution in [0, 0.1) is 0 Å². The van der Waals surface area contributed by atoms with Gasteiger partial charge in [-0.05, 0) is 56.9 Å². The Morgan fingerprint density at radius 3 is 2.56 bits per heavy atom. The van der Waals surface area contributed by atoms with Crippen LogP contribution in [0.2, 0.25) is 0 Å². The highest BCUT2D eigenvalue weighted by molar-refractivity contribution is 7.89. The van der Waals surface area contributed by atoms with E-state index in [0.29, 0.717) is 50.3 Å². The van der Waals surface area contributed by atoms with Crippen molar-refractivity contribution < 1.29 is 22.7 Å². The van der Waals surface area contributed by atoms with Crippen molar-refractivity contribution in [1.82, 2.24) is 9.62 Å². The van der Waals surface area contributed by atoms with Crippen LogP contribution in [-0.2, 0) is 30.8 Å². The fourth-order valence-corrected chi connectivity index (χ4v) is 5.82. The number of piperidine rings is 1. The van der Waals surface area contributed by atoms with Crippen LogP contribution in [0.15, 0.2) is 23.1 Å². The van der Waals surface area contributed by atoms with Crippen LogP contribution in [0.3, 0.4) is 0 Å². The second-order valence-electron chi connectivity index (χ2n) is 8.66. The lowest BCUT2D eigenvalue weighted by atomic mass is 10.1. The van der Waals surface area contributed by atoms with Crippen molar-refractivity contribution in [2.24, 2.45) is 0 Å². The van der Waals surface area contributed by atoms with Gasteiger partial charge in [-0.1, -0.05) is 13.3 Å². The van der Waals surface area contributed by atoms with E-state index in [1.807, 2.05) is 13.8 Å². The number of rotatable bonds is 9. The molecule has 1 fully saturated rings. The second kappa shape index (κ2) is 10.8. The van der Waals surface area contributed by atoms with Crippen LogP contribution < -0.4 is 10.2 Å². The zero-order valence-corrected chi connectivity index (χ0v) is 20.1. The maximum atomic E-state index is 13.1. The zero-order valence-electron chi connectivity index (χ0n) is 19.3. The molecule has 1 saturated heterocycles. The number of nitrogens with zero attached hydrogens (tertiary/aromatic N) is 2. The third-order valence-corrected chi connectivity index (χ3v) is 7.83. The smallest absolute Gasteiger partial charge is 0.243 e. The highest BCUT2D eigenvalue weighted by Gasteiger charge is 2.38. The molecular formula is C23H35N3O5S. The van der Waals surface area contributed by atoms with Crippen molar-refractivity contribution in [2.45, 2.75) is 76.3 Å². The first-order valence-corrected chi connectivity index (χ1v) is 13.0. The summed E-state index contributed by atoms with van der Waals surface area (Å²) in [4.78, 5) is 27.3. The third kappa shape index (κ3) is 5.50. The first-order chi connectivity index (χ1) is 15.3. The maximum absolute atomic E-state index is 13.1. The van der Waals surface area contributed by atoms with Gasteiger partial charge in [-0.25, -0.2) is 8.42 Å². The fourth-order valence-electron chi connectivity index (χ4n) is 4.25. The normalized spacial score (nSPS) is 19.2. The fraction of sp³-hybridized carbons (Fsp3) is 0.652. The zero-order chi connectivity index (χ0) is 23.3. The molecule has 0 aromatic heterocycles. The van der Waals surface area contributed by atoms with Crippen molar-refractivity contribution in [1.29, 1.82) is 0 Å². The summed E-state index contributed by atoms with van der Waals surface area (Å²) in [6, 6.07) is 4.20. The van der Waals surface area contributed by atoms with Crippen LogP contribution in [0.1, 0.15) is 58.4 Å². The Hall–Kier alpha value is -1.97. The van der Waals surface area contributed by atoms with Gasteiger partial charge in [-0.3, -0.25) is 14.5 Å². The van der Waals surface area contributed by atoms with Gasteiger partial charge in [0.15, 0.2) is 0 Å². The van der Waals surface area contributed by atoms with Crippen molar-refractivity contribution in [3.8, 4) is 0 Å². The molecule has 1 N–H and O–H groups in total. The van der Waals surface area contributed by atoms with E-state index < -0.39 is 16.1 Å². The molecule has 32 heavy (non-hydrogen) atoms. The molecule has 2 amide bonds. The van der Waals surface area contributed by atoms with E-state index in [9.17, 15) is 18.0 Å². The number of benzene rings is 1. The number of hydrogen-bond donors (Lipinski definition) is 1. The summed E-state index contributed by atoms with van der Waals surface area (Å²) in [5.74, 6) is -0.383. The van der Waals surface area contributed by atoms with E-state index in [0.717, 1.165) is 19.3 Å². The number of carbonyl (C=O) groups is 2. The lowest BCUT2D eigenvalue weighted by Gasteiger charge is -2.26. The summed E-state index contributed by atoms with van der Waals surface area (Å²) in [5.41, 5.74) is 1.34. The summed E-state index contributed by atoms with van der Waals surface area (Å²) in [7, 11) is -3.58. The van der Waals surface area contributed by atoms with E-state index in [1.165, 1.54) is 9.21 Å². The average molecular weight is 466 g/mol. The van der Waals surface area contributed by atoms with Gasteiger partial charge in [0.05, 0.1) is 11.0 Å². The molecule has 0 spiro atoms. The molecular weight excluding hydrogens is 430 g/mol. The second-order valence-corrected chi connectivity index (χ2v) is 10.6. The van der Waals surface area contributed by atoms with E-state index >= 15 is 0 Å². The van der Waals surface area contributed by atoms with Crippen molar-refractivity contribution in [3.05, 3.63) is 23.8 Å². The molecule has 0 radical (unpaired) electrons. The maximum Gasteiger partial charge on any atom is 0.243 e. The van der Waals surface area contributed by atoms with Gasteiger partial charge in [0, 0.05) is 44.8 Å². The number of ether oxygens (including phenoxy) is 1. The Kier molecular flexibility index (Phi) is 8.30. The lowest BCUT2D eigenvalue weighted by molar-refractivity contribution is -0.126. The van der Waals surface area contributed by atoms with Crippen molar-refractivity contribution >= 4 is 27.5 Å². The average Bonchev–Trinajstić information content (AvgIpc) is 3.17. The lowest BCUT2D eigenvalue weighted by Crippen LogP contribution is -2.48. The quantitative estimate of drug-likeness (QED) is 0.565. The SMILES string of the molecule is CCC(=O)N1c2ccc(S(=O)(=O)N3CCCCC3)cc2C[C@H]1C(=O)NCCCOC(C)C. The van der Waals surface area contributed by atoms with Gasteiger partial charge in [0.25, 0.3) is 0 Å². The molecule has 0 unspecified atom stereocenters. The molecule has 9 heteroatoms. The van der Waals surface area contributed by atoms with E-state index in [-0.39, 0.29) is 29.2 Å². The highest BCUT2D eigenvalue weighted by Crippen LogP contribution is 2.35. The van der Waals surface area contributed by atoms with E-state index in [4.69, 9.17) is 4.74 Å². The number of fused-ring (bicyclic) bond motifs is 1. The van der Waals surface area contributed by atoms with Crippen molar-refractivity contribution in [2.75, 3.05) is 31.1 Å². The minimum Gasteiger partial charge on any atom is -0.379 e. The molecule has 0 saturated carbocycles. The predicted octanol–water partition coefficient (Wildman–Crippen LogP) is 2.46. The molecule has 2 heterocycles. The Morgan fingerprint density at radius 1 is 1.19 bits per heavy atom.